The molecule has 0 N–H and O–H groups in total. The van der Waals surface area contributed by atoms with Crippen molar-refractivity contribution in [1.29, 1.82) is 0 Å². The third-order valence-electron chi connectivity index (χ3n) is 1.58. The van der Waals surface area contributed by atoms with Crippen molar-refractivity contribution in [3.05, 3.63) is 27.7 Å². The monoisotopic (exact) mass is 232 g/mol. The highest BCUT2D eigenvalue weighted by molar-refractivity contribution is 6.39. The number of rotatable bonds is 3. The van der Waals surface area contributed by atoms with Crippen LogP contribution in [0.2, 0.25) is 10.0 Å². The highest BCUT2D eigenvalue weighted by atomic mass is 35.5. The van der Waals surface area contributed by atoms with Gasteiger partial charge in [-0.25, -0.2) is 0 Å². The van der Waals surface area contributed by atoms with Crippen molar-refractivity contribution >= 4 is 35.3 Å². The average Bonchev–Trinajstić information content (AvgIpc) is 2.15. The molecule has 0 saturated heterocycles. The first-order valence-electron chi connectivity index (χ1n) is 3.62. The molecule has 0 atom stereocenters. The number of ketones is 1. The van der Waals surface area contributed by atoms with E-state index < -0.39 is 5.78 Å². The van der Waals surface area contributed by atoms with E-state index in [0.29, 0.717) is 0 Å². The standard InChI is InChI=1S/C9H6Cl2O3/c1-14-9-6(8(13)4-12)2-5(10)3-7(9)11/h2-4H,1H3. The Kier molecular flexibility index (Phi) is 3.49. The van der Waals surface area contributed by atoms with E-state index in [-0.39, 0.29) is 27.6 Å². The van der Waals surface area contributed by atoms with E-state index in [1.807, 2.05) is 0 Å². The van der Waals surface area contributed by atoms with Crippen molar-refractivity contribution < 1.29 is 14.3 Å². The van der Waals surface area contributed by atoms with Crippen LogP contribution in [0.25, 0.3) is 0 Å². The van der Waals surface area contributed by atoms with E-state index in [9.17, 15) is 9.59 Å². The summed E-state index contributed by atoms with van der Waals surface area (Å²) in [4.78, 5) is 21.4. The van der Waals surface area contributed by atoms with E-state index in [2.05, 4.69) is 0 Å². The van der Waals surface area contributed by atoms with Gasteiger partial charge in [-0.15, -0.1) is 0 Å². The van der Waals surface area contributed by atoms with Crippen LogP contribution in [0.5, 0.6) is 5.75 Å². The molecule has 0 aliphatic rings. The van der Waals surface area contributed by atoms with Crippen LogP contribution < -0.4 is 4.74 Å². The van der Waals surface area contributed by atoms with Gasteiger partial charge in [0, 0.05) is 5.02 Å². The fourth-order valence-corrected chi connectivity index (χ4v) is 1.58. The second kappa shape index (κ2) is 4.44. The molecule has 1 aromatic carbocycles. The van der Waals surface area contributed by atoms with Gasteiger partial charge in [0.2, 0.25) is 5.78 Å². The van der Waals surface area contributed by atoms with E-state index in [4.69, 9.17) is 27.9 Å². The average molecular weight is 233 g/mol. The lowest BCUT2D eigenvalue weighted by Crippen LogP contribution is -2.03. The number of methoxy groups -OCH3 is 1. The van der Waals surface area contributed by atoms with Crippen LogP contribution in [0.1, 0.15) is 10.4 Å². The molecule has 0 spiro atoms. The molecule has 74 valence electrons. The summed E-state index contributed by atoms with van der Waals surface area (Å²) >= 11 is 11.4. The first-order chi connectivity index (χ1) is 6.60. The summed E-state index contributed by atoms with van der Waals surface area (Å²) in [5, 5.41) is 0.478. The third-order valence-corrected chi connectivity index (χ3v) is 2.08. The number of benzene rings is 1. The Morgan fingerprint density at radius 2 is 2.07 bits per heavy atom. The van der Waals surface area contributed by atoms with Crippen LogP contribution in [0.15, 0.2) is 12.1 Å². The Morgan fingerprint density at radius 3 is 2.57 bits per heavy atom. The van der Waals surface area contributed by atoms with Gasteiger partial charge in [-0.1, -0.05) is 23.2 Å². The maximum Gasteiger partial charge on any atom is 0.229 e. The van der Waals surface area contributed by atoms with Crippen molar-refractivity contribution in [3.8, 4) is 5.75 Å². The first kappa shape index (κ1) is 11.0. The van der Waals surface area contributed by atoms with Gasteiger partial charge < -0.3 is 4.74 Å². The molecular weight excluding hydrogens is 227 g/mol. The minimum Gasteiger partial charge on any atom is -0.494 e. The maximum atomic E-state index is 11.1. The molecule has 5 heteroatoms. The quantitative estimate of drug-likeness (QED) is 0.457. The minimum atomic E-state index is -0.716. The van der Waals surface area contributed by atoms with E-state index >= 15 is 0 Å². The van der Waals surface area contributed by atoms with Gasteiger partial charge in [0.25, 0.3) is 0 Å². The SMILES string of the molecule is COc1c(Cl)cc(Cl)cc1C(=O)C=O. The number of carbonyl (C=O) groups is 2. The fourth-order valence-electron chi connectivity index (χ4n) is 1.01. The maximum absolute atomic E-state index is 11.1. The topological polar surface area (TPSA) is 43.4 Å². The van der Waals surface area contributed by atoms with Gasteiger partial charge in [0.05, 0.1) is 17.7 Å². The largest absolute Gasteiger partial charge is 0.494 e. The Balaban J connectivity index is 3.39. The van der Waals surface area contributed by atoms with Crippen LogP contribution in [0.4, 0.5) is 0 Å². The van der Waals surface area contributed by atoms with Gasteiger partial charge in [0.15, 0.2) is 6.29 Å². The molecule has 1 rings (SSSR count). The molecule has 0 saturated carbocycles. The molecule has 0 heterocycles. The zero-order valence-electron chi connectivity index (χ0n) is 7.21. The van der Waals surface area contributed by atoms with Crippen molar-refractivity contribution in [2.24, 2.45) is 0 Å². The first-order valence-corrected chi connectivity index (χ1v) is 4.38. The van der Waals surface area contributed by atoms with E-state index in [1.54, 1.807) is 0 Å². The molecule has 0 aliphatic carbocycles. The van der Waals surface area contributed by atoms with Gasteiger partial charge in [0.1, 0.15) is 5.75 Å². The highest BCUT2D eigenvalue weighted by Crippen LogP contribution is 2.32. The molecule has 14 heavy (non-hydrogen) atoms. The van der Waals surface area contributed by atoms with E-state index in [0.717, 1.165) is 0 Å². The number of hydrogen-bond donors (Lipinski definition) is 0. The summed E-state index contributed by atoms with van der Waals surface area (Å²) in [7, 11) is 1.36. The van der Waals surface area contributed by atoms with E-state index in [1.165, 1.54) is 19.2 Å². The second-order valence-corrected chi connectivity index (χ2v) is 3.29. The van der Waals surface area contributed by atoms with Crippen LogP contribution in [-0.2, 0) is 4.79 Å². The normalized spacial score (nSPS) is 9.64. The second-order valence-electron chi connectivity index (χ2n) is 2.45. The zero-order chi connectivity index (χ0) is 10.7. The number of carbonyl (C=O) groups excluding carboxylic acids is 2. The Hall–Kier alpha value is -1.06. The molecule has 0 bridgehead atoms. The van der Waals surface area contributed by atoms with Gasteiger partial charge in [-0.2, -0.15) is 0 Å². The van der Waals surface area contributed by atoms with Crippen LogP contribution >= 0.6 is 23.2 Å². The Bertz CT molecular complexity index is 388. The lowest BCUT2D eigenvalue weighted by molar-refractivity contribution is -0.104. The van der Waals surface area contributed by atoms with Gasteiger partial charge in [-0.3, -0.25) is 9.59 Å². The van der Waals surface area contributed by atoms with Crippen LogP contribution in [0.3, 0.4) is 0 Å². The summed E-state index contributed by atoms with van der Waals surface area (Å²) in [5.41, 5.74) is 0.0694. The van der Waals surface area contributed by atoms with Crippen LogP contribution in [0, 0.1) is 0 Å². The Morgan fingerprint density at radius 1 is 1.43 bits per heavy atom. The number of ether oxygens (including phenoxy) is 1. The number of hydrogen-bond acceptors (Lipinski definition) is 3. The van der Waals surface area contributed by atoms with Crippen molar-refractivity contribution in [2.75, 3.05) is 7.11 Å². The molecule has 0 fully saturated rings. The Labute approximate surface area is 90.6 Å². The molecule has 1 aromatic rings. The number of aldehydes is 1. The zero-order valence-corrected chi connectivity index (χ0v) is 8.72. The summed E-state index contributed by atoms with van der Waals surface area (Å²) < 4.78 is 4.88. The van der Waals surface area contributed by atoms with Crippen molar-refractivity contribution in [2.45, 2.75) is 0 Å². The molecule has 0 aliphatic heterocycles. The fraction of sp³-hybridized carbons (Fsp3) is 0.111. The molecule has 3 nitrogen and oxygen atoms in total. The highest BCUT2D eigenvalue weighted by Gasteiger charge is 2.15. The number of Topliss-reactive ketones (excluding diaryl/α,β-unsaturated/α-hetero) is 1. The summed E-state index contributed by atoms with van der Waals surface area (Å²) in [6, 6.07) is 2.77. The minimum absolute atomic E-state index is 0.0694. The summed E-state index contributed by atoms with van der Waals surface area (Å²) in [5.74, 6) is -0.556. The number of halogens is 2. The van der Waals surface area contributed by atoms with Crippen LogP contribution in [-0.4, -0.2) is 19.2 Å². The molecule has 0 unspecified atom stereocenters. The van der Waals surface area contributed by atoms with Crippen molar-refractivity contribution in [3.63, 3.8) is 0 Å². The molecule has 0 radical (unpaired) electrons. The predicted molar refractivity (Wildman–Crippen MR) is 53.4 cm³/mol. The smallest absolute Gasteiger partial charge is 0.229 e. The summed E-state index contributed by atoms with van der Waals surface area (Å²) in [6.07, 6.45) is 0.185. The van der Waals surface area contributed by atoms with Gasteiger partial charge in [-0.05, 0) is 12.1 Å². The van der Waals surface area contributed by atoms with Gasteiger partial charge >= 0.3 is 0 Å². The van der Waals surface area contributed by atoms with Crippen molar-refractivity contribution in [1.82, 2.24) is 0 Å². The lowest BCUT2D eigenvalue weighted by Gasteiger charge is -2.07. The predicted octanol–water partition coefficient (Wildman–Crippen LogP) is 2.38. The lowest BCUT2D eigenvalue weighted by atomic mass is 10.1. The molecular formula is C9H6Cl2O3. The summed E-state index contributed by atoms with van der Waals surface area (Å²) in [6.45, 7) is 0. The molecule has 0 aromatic heterocycles. The third kappa shape index (κ3) is 2.05. The molecule has 0 amide bonds.